The first kappa shape index (κ1) is 16.2. The number of carbonyl (C=O) groups excluding carboxylic acids is 1. The molecule has 0 aromatic heterocycles. The van der Waals surface area contributed by atoms with Crippen molar-refractivity contribution in [3.05, 3.63) is 59.1 Å². The maximum absolute atomic E-state index is 12.1. The van der Waals surface area contributed by atoms with Crippen LogP contribution in [0.1, 0.15) is 5.56 Å². The summed E-state index contributed by atoms with van der Waals surface area (Å²) in [5.41, 5.74) is 0.900. The Morgan fingerprint density at radius 1 is 1.09 bits per heavy atom. The number of halogens is 1. The molecule has 0 saturated heterocycles. The number of likely N-dealkylation sites (N-methyl/N-ethyl adjacent to an activating group) is 1. The lowest BCUT2D eigenvalue weighted by atomic mass is 10.2. The van der Waals surface area contributed by atoms with Gasteiger partial charge in [0.05, 0.1) is 7.11 Å². The van der Waals surface area contributed by atoms with Gasteiger partial charge in [-0.25, -0.2) is 0 Å². The van der Waals surface area contributed by atoms with Gasteiger partial charge in [-0.3, -0.25) is 4.79 Å². The largest absolute Gasteiger partial charge is 0.493 e. The number of methoxy groups -OCH3 is 1. The Morgan fingerprint density at radius 3 is 2.41 bits per heavy atom. The fraction of sp³-hybridized carbons (Fsp3) is 0.235. The summed E-state index contributed by atoms with van der Waals surface area (Å²) < 4.78 is 10.7. The van der Waals surface area contributed by atoms with Gasteiger partial charge in [0.1, 0.15) is 0 Å². The van der Waals surface area contributed by atoms with Crippen LogP contribution in [0.25, 0.3) is 0 Å². The minimum Gasteiger partial charge on any atom is -0.493 e. The average molecular weight is 320 g/mol. The molecule has 2 aromatic rings. The van der Waals surface area contributed by atoms with Crippen LogP contribution in [0, 0.1) is 0 Å². The Morgan fingerprint density at radius 2 is 1.73 bits per heavy atom. The van der Waals surface area contributed by atoms with E-state index < -0.39 is 0 Å². The first-order valence-corrected chi connectivity index (χ1v) is 7.23. The summed E-state index contributed by atoms with van der Waals surface area (Å²) in [5.74, 6) is 1.01. The summed E-state index contributed by atoms with van der Waals surface area (Å²) in [6, 6.07) is 14.7. The number of carbonyl (C=O) groups is 1. The molecule has 0 aliphatic rings. The van der Waals surface area contributed by atoms with Gasteiger partial charge < -0.3 is 14.4 Å². The van der Waals surface area contributed by atoms with Gasteiger partial charge in [0.15, 0.2) is 18.1 Å². The van der Waals surface area contributed by atoms with Crippen molar-refractivity contribution >= 4 is 17.5 Å². The van der Waals surface area contributed by atoms with E-state index in [4.69, 9.17) is 21.1 Å². The Bertz CT molecular complexity index is 645. The summed E-state index contributed by atoms with van der Waals surface area (Å²) in [6.07, 6.45) is 0. The van der Waals surface area contributed by atoms with Crippen molar-refractivity contribution in [1.29, 1.82) is 0 Å². The van der Waals surface area contributed by atoms with Crippen LogP contribution in [0.15, 0.2) is 48.5 Å². The topological polar surface area (TPSA) is 38.8 Å². The van der Waals surface area contributed by atoms with E-state index in [1.807, 2.05) is 30.3 Å². The molecule has 1 amide bonds. The van der Waals surface area contributed by atoms with Crippen molar-refractivity contribution < 1.29 is 14.3 Å². The van der Waals surface area contributed by atoms with Crippen molar-refractivity contribution in [2.45, 2.75) is 6.54 Å². The van der Waals surface area contributed by atoms with Gasteiger partial charge in [-0.15, -0.1) is 0 Å². The first-order valence-electron chi connectivity index (χ1n) is 6.85. The summed E-state index contributed by atoms with van der Waals surface area (Å²) >= 11 is 6.10. The molecule has 0 heterocycles. The molecule has 0 N–H and O–H groups in total. The highest BCUT2D eigenvalue weighted by Crippen LogP contribution is 2.25. The Hall–Kier alpha value is -2.20. The number of hydrogen-bond donors (Lipinski definition) is 0. The number of hydrogen-bond acceptors (Lipinski definition) is 3. The highest BCUT2D eigenvalue weighted by atomic mass is 35.5. The van der Waals surface area contributed by atoms with E-state index in [0.29, 0.717) is 23.1 Å². The zero-order valence-corrected chi connectivity index (χ0v) is 13.3. The van der Waals surface area contributed by atoms with E-state index in [-0.39, 0.29) is 12.5 Å². The second-order valence-electron chi connectivity index (χ2n) is 4.78. The van der Waals surface area contributed by atoms with Crippen LogP contribution >= 0.6 is 11.6 Å². The molecule has 0 saturated carbocycles. The maximum Gasteiger partial charge on any atom is 0.260 e. The minimum atomic E-state index is -0.133. The van der Waals surface area contributed by atoms with Crippen molar-refractivity contribution in [1.82, 2.24) is 4.90 Å². The molecular formula is C17H18ClNO3. The molecule has 116 valence electrons. The van der Waals surface area contributed by atoms with Crippen LogP contribution in [0.5, 0.6) is 11.5 Å². The van der Waals surface area contributed by atoms with E-state index in [9.17, 15) is 4.79 Å². The monoisotopic (exact) mass is 319 g/mol. The molecule has 0 aliphatic carbocycles. The van der Waals surface area contributed by atoms with Gasteiger partial charge in [0.25, 0.3) is 5.91 Å². The van der Waals surface area contributed by atoms with Gasteiger partial charge in [-0.1, -0.05) is 41.9 Å². The van der Waals surface area contributed by atoms with Crippen LogP contribution in [0.2, 0.25) is 5.02 Å². The van der Waals surface area contributed by atoms with Gasteiger partial charge in [-0.05, 0) is 23.8 Å². The smallest absolute Gasteiger partial charge is 0.260 e. The fourth-order valence-corrected chi connectivity index (χ4v) is 2.15. The molecular weight excluding hydrogens is 302 g/mol. The van der Waals surface area contributed by atoms with E-state index >= 15 is 0 Å². The molecule has 5 heteroatoms. The number of nitrogens with zero attached hydrogens (tertiary/aromatic N) is 1. The average Bonchev–Trinajstić information content (AvgIpc) is 2.54. The number of rotatable bonds is 6. The number of benzene rings is 2. The molecule has 4 nitrogen and oxygen atoms in total. The lowest BCUT2D eigenvalue weighted by Gasteiger charge is -2.18. The first-order chi connectivity index (χ1) is 10.6. The standard InChI is InChI=1S/C17H18ClNO3/c1-19(11-13-7-3-4-8-14(13)18)17(20)12-22-16-10-6-5-9-15(16)21-2/h3-10H,11-12H2,1-2H3. The third-order valence-electron chi connectivity index (χ3n) is 3.21. The molecule has 2 aromatic carbocycles. The fourth-order valence-electron chi connectivity index (χ4n) is 1.96. The molecule has 0 spiro atoms. The van der Waals surface area contributed by atoms with Gasteiger partial charge in [-0.2, -0.15) is 0 Å². The molecule has 0 atom stereocenters. The van der Waals surface area contributed by atoms with E-state index in [1.165, 1.54) is 0 Å². The normalized spacial score (nSPS) is 10.1. The summed E-state index contributed by atoms with van der Waals surface area (Å²) in [7, 11) is 3.28. The second-order valence-corrected chi connectivity index (χ2v) is 5.19. The zero-order valence-electron chi connectivity index (χ0n) is 12.6. The lowest BCUT2D eigenvalue weighted by molar-refractivity contribution is -0.132. The minimum absolute atomic E-state index is 0.0542. The van der Waals surface area contributed by atoms with E-state index in [0.717, 1.165) is 5.56 Å². The number of para-hydroxylation sites is 2. The third-order valence-corrected chi connectivity index (χ3v) is 3.58. The Labute approximate surface area is 135 Å². The predicted octanol–water partition coefficient (Wildman–Crippen LogP) is 3.39. The van der Waals surface area contributed by atoms with Gasteiger partial charge >= 0.3 is 0 Å². The van der Waals surface area contributed by atoms with Crippen LogP contribution < -0.4 is 9.47 Å². The molecule has 22 heavy (non-hydrogen) atoms. The third kappa shape index (κ3) is 4.15. The Kier molecular flexibility index (Phi) is 5.67. The van der Waals surface area contributed by atoms with Crippen LogP contribution in [-0.2, 0) is 11.3 Å². The van der Waals surface area contributed by atoms with E-state index in [1.54, 1.807) is 37.3 Å². The number of amides is 1. The molecule has 2 rings (SSSR count). The van der Waals surface area contributed by atoms with Crippen molar-refractivity contribution in [3.63, 3.8) is 0 Å². The SMILES string of the molecule is COc1ccccc1OCC(=O)N(C)Cc1ccccc1Cl. The molecule has 0 bridgehead atoms. The van der Waals surface area contributed by atoms with Crippen molar-refractivity contribution in [3.8, 4) is 11.5 Å². The van der Waals surface area contributed by atoms with Crippen molar-refractivity contribution in [2.75, 3.05) is 20.8 Å². The highest BCUT2D eigenvalue weighted by Gasteiger charge is 2.13. The van der Waals surface area contributed by atoms with Crippen LogP contribution in [0.3, 0.4) is 0 Å². The molecule has 0 radical (unpaired) electrons. The molecule has 0 aliphatic heterocycles. The second kappa shape index (κ2) is 7.71. The highest BCUT2D eigenvalue weighted by molar-refractivity contribution is 6.31. The summed E-state index contributed by atoms with van der Waals surface area (Å²) in [5, 5.41) is 0.646. The Balaban J connectivity index is 1.93. The zero-order chi connectivity index (χ0) is 15.9. The van der Waals surface area contributed by atoms with Gasteiger partial charge in [0.2, 0.25) is 0 Å². The van der Waals surface area contributed by atoms with Crippen LogP contribution in [0.4, 0.5) is 0 Å². The van der Waals surface area contributed by atoms with Crippen molar-refractivity contribution in [2.24, 2.45) is 0 Å². The summed E-state index contributed by atoms with van der Waals surface area (Å²) in [6.45, 7) is 0.384. The van der Waals surface area contributed by atoms with Gasteiger partial charge in [0, 0.05) is 18.6 Å². The maximum atomic E-state index is 12.1. The quantitative estimate of drug-likeness (QED) is 0.819. The number of ether oxygens (including phenoxy) is 2. The lowest BCUT2D eigenvalue weighted by Crippen LogP contribution is -2.31. The predicted molar refractivity (Wildman–Crippen MR) is 86.4 cm³/mol. The van der Waals surface area contributed by atoms with E-state index in [2.05, 4.69) is 0 Å². The summed E-state index contributed by atoms with van der Waals surface area (Å²) in [4.78, 5) is 13.7. The molecule has 0 unspecified atom stereocenters. The van der Waals surface area contributed by atoms with Crippen LogP contribution in [-0.4, -0.2) is 31.6 Å². The molecule has 0 fully saturated rings.